The summed E-state index contributed by atoms with van der Waals surface area (Å²) in [5.41, 5.74) is 2.73. The molecular weight excluding hydrogens is 232 g/mol. The number of benzene rings is 1. The summed E-state index contributed by atoms with van der Waals surface area (Å²) in [6, 6.07) is 9.34. The Hall–Kier alpha value is -0.860. The van der Waals surface area contributed by atoms with Crippen LogP contribution in [0.3, 0.4) is 0 Å². The molecule has 0 spiro atoms. The van der Waals surface area contributed by atoms with E-state index in [9.17, 15) is 0 Å². The summed E-state index contributed by atoms with van der Waals surface area (Å²) in [6.07, 6.45) is 2.53. The van der Waals surface area contributed by atoms with Crippen molar-refractivity contribution in [2.75, 3.05) is 19.6 Å². The number of nitrogens with zero attached hydrogens (tertiary/aromatic N) is 1. The third-order valence-corrected chi connectivity index (χ3v) is 3.74. The van der Waals surface area contributed by atoms with Crippen molar-refractivity contribution in [3.63, 3.8) is 0 Å². The normalized spacial score (nSPS) is 12.9. The average Bonchev–Trinajstić information content (AvgIpc) is 2.41. The van der Waals surface area contributed by atoms with Gasteiger partial charge < -0.3 is 10.2 Å². The first-order chi connectivity index (χ1) is 9.15. The van der Waals surface area contributed by atoms with E-state index in [1.54, 1.807) is 0 Å². The van der Waals surface area contributed by atoms with Gasteiger partial charge in [0, 0.05) is 12.6 Å². The first-order valence-corrected chi connectivity index (χ1v) is 7.67. The molecule has 2 nitrogen and oxygen atoms in total. The summed E-state index contributed by atoms with van der Waals surface area (Å²) in [5, 5.41) is 3.62. The summed E-state index contributed by atoms with van der Waals surface area (Å²) in [7, 11) is 0. The van der Waals surface area contributed by atoms with Crippen LogP contribution < -0.4 is 5.32 Å². The Balaban J connectivity index is 2.19. The highest BCUT2D eigenvalue weighted by Gasteiger charge is 2.04. The molecule has 1 aromatic rings. The standard InChI is InChI=1S/C17H30N2/c1-5-19(6-2)12-8-10-16(4)18-14-17-11-7-9-15(3)13-17/h7,9,11,13,16,18H,5-6,8,10,12,14H2,1-4H3. The van der Waals surface area contributed by atoms with E-state index in [1.807, 2.05) is 0 Å². The number of nitrogens with one attached hydrogen (secondary N) is 1. The van der Waals surface area contributed by atoms with Crippen LogP contribution in [0.15, 0.2) is 24.3 Å². The van der Waals surface area contributed by atoms with Gasteiger partial charge in [0.2, 0.25) is 0 Å². The zero-order valence-electron chi connectivity index (χ0n) is 13.1. The number of hydrogen-bond donors (Lipinski definition) is 1. The SMILES string of the molecule is CCN(CC)CCCC(C)NCc1cccc(C)c1. The molecule has 0 aliphatic heterocycles. The predicted octanol–water partition coefficient (Wildman–Crippen LogP) is 3.60. The smallest absolute Gasteiger partial charge is 0.0208 e. The van der Waals surface area contributed by atoms with Crippen LogP contribution in [0.5, 0.6) is 0 Å². The first kappa shape index (κ1) is 16.2. The summed E-state index contributed by atoms with van der Waals surface area (Å²) in [6.45, 7) is 13.5. The van der Waals surface area contributed by atoms with Crippen molar-refractivity contribution in [2.24, 2.45) is 0 Å². The maximum Gasteiger partial charge on any atom is 0.0208 e. The van der Waals surface area contributed by atoms with E-state index >= 15 is 0 Å². The summed E-state index contributed by atoms with van der Waals surface area (Å²) in [5.74, 6) is 0. The van der Waals surface area contributed by atoms with Crippen LogP contribution >= 0.6 is 0 Å². The van der Waals surface area contributed by atoms with Crippen LogP contribution in [-0.2, 0) is 6.54 Å². The Morgan fingerprint density at radius 3 is 2.58 bits per heavy atom. The number of rotatable bonds is 9. The molecule has 1 rings (SSSR count). The molecule has 2 heteroatoms. The Kier molecular flexibility index (Phi) is 7.76. The lowest BCUT2D eigenvalue weighted by molar-refractivity contribution is 0.290. The first-order valence-electron chi connectivity index (χ1n) is 7.67. The minimum atomic E-state index is 0.594. The fraction of sp³-hybridized carbons (Fsp3) is 0.647. The van der Waals surface area contributed by atoms with Crippen LogP contribution in [0.2, 0.25) is 0 Å². The quantitative estimate of drug-likeness (QED) is 0.731. The van der Waals surface area contributed by atoms with Gasteiger partial charge in [0.1, 0.15) is 0 Å². The van der Waals surface area contributed by atoms with Gasteiger partial charge in [-0.25, -0.2) is 0 Å². The van der Waals surface area contributed by atoms with Gasteiger partial charge in [0.15, 0.2) is 0 Å². The Bertz CT molecular complexity index is 345. The van der Waals surface area contributed by atoms with Crippen molar-refractivity contribution in [3.8, 4) is 0 Å². The fourth-order valence-corrected chi connectivity index (χ4v) is 2.38. The lowest BCUT2D eigenvalue weighted by Crippen LogP contribution is -2.28. The molecule has 1 aromatic carbocycles. The van der Waals surface area contributed by atoms with E-state index in [-0.39, 0.29) is 0 Å². The molecule has 0 aromatic heterocycles. The van der Waals surface area contributed by atoms with Crippen molar-refractivity contribution in [3.05, 3.63) is 35.4 Å². The molecule has 0 aliphatic rings. The van der Waals surface area contributed by atoms with E-state index in [4.69, 9.17) is 0 Å². The van der Waals surface area contributed by atoms with Gasteiger partial charge in [0.25, 0.3) is 0 Å². The van der Waals surface area contributed by atoms with Gasteiger partial charge in [-0.2, -0.15) is 0 Å². The molecule has 0 aliphatic carbocycles. The summed E-state index contributed by atoms with van der Waals surface area (Å²) >= 11 is 0. The molecule has 19 heavy (non-hydrogen) atoms. The van der Waals surface area contributed by atoms with E-state index in [1.165, 1.54) is 43.6 Å². The lowest BCUT2D eigenvalue weighted by Gasteiger charge is -2.19. The van der Waals surface area contributed by atoms with Crippen LogP contribution in [0.1, 0.15) is 44.7 Å². The van der Waals surface area contributed by atoms with E-state index in [2.05, 4.69) is 62.2 Å². The topological polar surface area (TPSA) is 15.3 Å². The Morgan fingerprint density at radius 2 is 1.95 bits per heavy atom. The second kappa shape index (κ2) is 9.11. The molecule has 1 N–H and O–H groups in total. The van der Waals surface area contributed by atoms with Crippen LogP contribution in [-0.4, -0.2) is 30.6 Å². The molecule has 0 saturated heterocycles. The summed E-state index contributed by atoms with van der Waals surface area (Å²) in [4.78, 5) is 2.49. The van der Waals surface area contributed by atoms with Gasteiger partial charge in [-0.3, -0.25) is 0 Å². The maximum atomic E-state index is 3.62. The molecule has 0 heterocycles. The second-order valence-corrected chi connectivity index (χ2v) is 5.44. The van der Waals surface area contributed by atoms with E-state index in [0.717, 1.165) is 6.54 Å². The van der Waals surface area contributed by atoms with Crippen LogP contribution in [0.25, 0.3) is 0 Å². The molecule has 108 valence electrons. The fourth-order valence-electron chi connectivity index (χ4n) is 2.38. The maximum absolute atomic E-state index is 3.62. The van der Waals surface area contributed by atoms with Crippen LogP contribution in [0.4, 0.5) is 0 Å². The molecule has 0 radical (unpaired) electrons. The highest BCUT2D eigenvalue weighted by atomic mass is 15.1. The van der Waals surface area contributed by atoms with Gasteiger partial charge in [-0.05, 0) is 51.9 Å². The minimum absolute atomic E-state index is 0.594. The van der Waals surface area contributed by atoms with E-state index in [0.29, 0.717) is 6.04 Å². The average molecular weight is 262 g/mol. The number of hydrogen-bond acceptors (Lipinski definition) is 2. The number of aryl methyl sites for hydroxylation is 1. The molecule has 0 amide bonds. The summed E-state index contributed by atoms with van der Waals surface area (Å²) < 4.78 is 0. The zero-order valence-corrected chi connectivity index (χ0v) is 13.1. The lowest BCUT2D eigenvalue weighted by atomic mass is 10.1. The zero-order chi connectivity index (χ0) is 14.1. The Labute approximate surface area is 119 Å². The molecule has 0 fully saturated rings. The van der Waals surface area contributed by atoms with E-state index < -0.39 is 0 Å². The second-order valence-electron chi connectivity index (χ2n) is 5.44. The van der Waals surface area contributed by atoms with Gasteiger partial charge in [-0.15, -0.1) is 0 Å². The predicted molar refractivity (Wildman–Crippen MR) is 84.5 cm³/mol. The largest absolute Gasteiger partial charge is 0.310 e. The van der Waals surface area contributed by atoms with Crippen molar-refractivity contribution < 1.29 is 0 Å². The van der Waals surface area contributed by atoms with Crippen LogP contribution in [0, 0.1) is 6.92 Å². The molecule has 1 unspecified atom stereocenters. The molecular formula is C17H30N2. The Morgan fingerprint density at radius 1 is 1.21 bits per heavy atom. The monoisotopic (exact) mass is 262 g/mol. The van der Waals surface area contributed by atoms with Crippen molar-refractivity contribution in [1.82, 2.24) is 10.2 Å². The minimum Gasteiger partial charge on any atom is -0.310 e. The third-order valence-electron chi connectivity index (χ3n) is 3.74. The van der Waals surface area contributed by atoms with Gasteiger partial charge in [-0.1, -0.05) is 43.7 Å². The highest BCUT2D eigenvalue weighted by Crippen LogP contribution is 2.05. The van der Waals surface area contributed by atoms with Crippen molar-refractivity contribution >= 4 is 0 Å². The van der Waals surface area contributed by atoms with Crippen molar-refractivity contribution in [2.45, 2.75) is 53.1 Å². The van der Waals surface area contributed by atoms with Gasteiger partial charge >= 0.3 is 0 Å². The molecule has 1 atom stereocenters. The van der Waals surface area contributed by atoms with Gasteiger partial charge in [0.05, 0.1) is 0 Å². The molecule has 0 bridgehead atoms. The highest BCUT2D eigenvalue weighted by molar-refractivity contribution is 5.21. The molecule has 0 saturated carbocycles. The van der Waals surface area contributed by atoms with Crippen molar-refractivity contribution in [1.29, 1.82) is 0 Å². The third kappa shape index (κ3) is 6.74.